The molecule has 2 aliphatic heterocycles. The number of carbonyl (C=O) groups is 3. The van der Waals surface area contributed by atoms with Gasteiger partial charge in [0, 0.05) is 64.7 Å². The van der Waals surface area contributed by atoms with Gasteiger partial charge in [-0.3, -0.25) is 4.79 Å². The Labute approximate surface area is 282 Å². The van der Waals surface area contributed by atoms with Crippen molar-refractivity contribution in [3.8, 4) is 0 Å². The number of urea groups is 2. The molecule has 12 nitrogen and oxygen atoms in total. The second kappa shape index (κ2) is 14.6. The molecule has 2 heterocycles. The summed E-state index contributed by atoms with van der Waals surface area (Å²) in [5.74, 6) is 1.06. The maximum atomic E-state index is 12.6. The topological polar surface area (TPSA) is 142 Å². The van der Waals surface area contributed by atoms with Crippen LogP contribution in [-0.2, 0) is 22.4 Å². The number of hydrogen-bond donors (Lipinski definition) is 0. The van der Waals surface area contributed by atoms with Crippen molar-refractivity contribution >= 4 is 24.0 Å². The van der Waals surface area contributed by atoms with Gasteiger partial charge in [0.2, 0.25) is 12.0 Å². The first kappa shape index (κ1) is 34.7. The third-order valence-electron chi connectivity index (χ3n) is 10.7. The van der Waals surface area contributed by atoms with Gasteiger partial charge in [-0.05, 0) is 84.0 Å². The third kappa shape index (κ3) is 7.56. The molecule has 4 fully saturated rings. The van der Waals surface area contributed by atoms with Gasteiger partial charge >= 0.3 is 12.1 Å². The minimum Gasteiger partial charge on any atom is -0.331 e. The number of azide groups is 1. The number of aliphatic imine (C=N–C) groups is 1. The van der Waals surface area contributed by atoms with Crippen molar-refractivity contribution in [3.63, 3.8) is 0 Å². The summed E-state index contributed by atoms with van der Waals surface area (Å²) in [5, 5.41) is 3.44. The standard InChI is InChI=1S/C18H23N5O2.C18H23N3O2/c1-22(2)17(25)23-11-14-9-18(10-15(14)12-23,16(24)20-21-19)8-13-6-4-3-5-7-13;1-20(2)17(23)21-11-15-9-18(19-13-22,10-16(15)12-21)8-14-6-4-3-5-7-14/h3-7,14-15H,8-12H2,1-2H3;3-7,15-16H,8-12H2,1-2H3. The Balaban J connectivity index is 0.000000188. The smallest absolute Gasteiger partial charge is 0.319 e. The minimum atomic E-state index is -0.643. The van der Waals surface area contributed by atoms with E-state index >= 15 is 0 Å². The first-order valence-electron chi connectivity index (χ1n) is 16.7. The first-order valence-corrected chi connectivity index (χ1v) is 16.7. The Kier molecular flexibility index (Phi) is 10.6. The monoisotopic (exact) mass is 654 g/mol. The molecule has 2 saturated carbocycles. The highest BCUT2D eigenvalue weighted by atomic mass is 16.2. The van der Waals surface area contributed by atoms with E-state index in [9.17, 15) is 19.2 Å². The maximum absolute atomic E-state index is 12.6. The Morgan fingerprint density at radius 3 is 1.56 bits per heavy atom. The van der Waals surface area contributed by atoms with Crippen LogP contribution in [0.5, 0.6) is 0 Å². The van der Waals surface area contributed by atoms with E-state index in [4.69, 9.17) is 5.53 Å². The zero-order valence-corrected chi connectivity index (χ0v) is 28.4. The largest absolute Gasteiger partial charge is 0.331 e. The second-order valence-corrected chi connectivity index (χ2v) is 14.5. The normalized spacial score (nSPS) is 28.2. The van der Waals surface area contributed by atoms with Crippen molar-refractivity contribution in [2.24, 2.45) is 39.2 Å². The summed E-state index contributed by atoms with van der Waals surface area (Å²) in [7, 11) is 7.07. The number of carbonyl (C=O) groups excluding carboxylic acids is 4. The van der Waals surface area contributed by atoms with Crippen molar-refractivity contribution in [2.45, 2.75) is 44.1 Å². The average Bonchev–Trinajstić information content (AvgIpc) is 3.80. The molecule has 4 aliphatic rings. The lowest BCUT2D eigenvalue weighted by Crippen LogP contribution is -2.39. The fourth-order valence-corrected chi connectivity index (χ4v) is 8.70. The number of benzene rings is 2. The zero-order valence-electron chi connectivity index (χ0n) is 28.4. The van der Waals surface area contributed by atoms with Crippen molar-refractivity contribution in [1.82, 2.24) is 19.6 Å². The molecule has 0 aromatic heterocycles. The van der Waals surface area contributed by atoms with Crippen LogP contribution >= 0.6 is 0 Å². The molecule has 2 aromatic carbocycles. The zero-order chi connectivity index (χ0) is 34.5. The van der Waals surface area contributed by atoms with Crippen molar-refractivity contribution in [1.29, 1.82) is 0 Å². The molecule has 2 saturated heterocycles. The van der Waals surface area contributed by atoms with E-state index in [2.05, 4.69) is 27.2 Å². The summed E-state index contributed by atoms with van der Waals surface area (Å²) < 4.78 is 0. The lowest BCUT2D eigenvalue weighted by atomic mass is 9.78. The van der Waals surface area contributed by atoms with Crippen LogP contribution in [0.3, 0.4) is 0 Å². The molecule has 12 heteroatoms. The quantitative estimate of drug-likeness (QED) is 0.135. The fourth-order valence-electron chi connectivity index (χ4n) is 8.70. The van der Waals surface area contributed by atoms with Crippen LogP contribution in [0.15, 0.2) is 70.8 Å². The van der Waals surface area contributed by atoms with Crippen LogP contribution in [-0.4, -0.2) is 104 Å². The minimum absolute atomic E-state index is 0.0180. The van der Waals surface area contributed by atoms with Crippen LogP contribution in [0, 0.1) is 29.1 Å². The van der Waals surface area contributed by atoms with Crippen molar-refractivity contribution in [2.75, 3.05) is 54.4 Å². The molecule has 0 spiro atoms. The molecule has 4 unspecified atom stereocenters. The number of rotatable bonds is 6. The second-order valence-electron chi connectivity index (χ2n) is 14.5. The van der Waals surface area contributed by atoms with Crippen molar-refractivity contribution in [3.05, 3.63) is 82.2 Å². The number of nitrogens with zero attached hydrogens (tertiary/aromatic N) is 8. The molecule has 6 rings (SSSR count). The highest BCUT2D eigenvalue weighted by Crippen LogP contribution is 2.52. The summed E-state index contributed by atoms with van der Waals surface area (Å²) >= 11 is 0. The summed E-state index contributed by atoms with van der Waals surface area (Å²) in [6, 6.07) is 20.1. The van der Waals surface area contributed by atoms with E-state index in [0.717, 1.165) is 37.9 Å². The fraction of sp³-hybridized carbons (Fsp3) is 0.556. The number of fused-ring (bicyclic) bond motifs is 2. The summed E-state index contributed by atoms with van der Waals surface area (Å²) in [6.07, 6.45) is 6.21. The molecule has 4 atom stereocenters. The van der Waals surface area contributed by atoms with Crippen LogP contribution < -0.4 is 0 Å². The molecule has 5 amide bonds. The van der Waals surface area contributed by atoms with Gasteiger partial charge in [0.25, 0.3) is 0 Å². The molecule has 2 aliphatic carbocycles. The van der Waals surface area contributed by atoms with Gasteiger partial charge in [-0.2, -0.15) is 4.99 Å². The van der Waals surface area contributed by atoms with Gasteiger partial charge in [0.1, 0.15) is 0 Å². The highest BCUT2D eigenvalue weighted by Gasteiger charge is 2.53. The molecule has 0 N–H and O–H groups in total. The number of likely N-dealkylation sites (tertiary alicyclic amines) is 2. The van der Waals surface area contributed by atoms with Gasteiger partial charge in [-0.25, -0.2) is 14.4 Å². The highest BCUT2D eigenvalue weighted by molar-refractivity contribution is 5.84. The van der Waals surface area contributed by atoms with Crippen LogP contribution in [0.2, 0.25) is 0 Å². The van der Waals surface area contributed by atoms with Gasteiger partial charge < -0.3 is 19.6 Å². The molecule has 2 aromatic rings. The Hall–Kier alpha value is -4.66. The molecular weight excluding hydrogens is 608 g/mol. The molecule has 0 radical (unpaired) electrons. The van der Waals surface area contributed by atoms with E-state index in [1.807, 2.05) is 58.3 Å². The van der Waals surface area contributed by atoms with Crippen LogP contribution in [0.4, 0.5) is 9.59 Å². The SMILES string of the molecule is CN(C)C(=O)N1CC2CC(Cc3ccccc3)(C(=O)N=[N+]=[N-])CC2C1.CN(C)C(=O)N1CC2CC(Cc3ccccc3)(N=C=O)CC2C1. The Morgan fingerprint density at radius 1 is 0.750 bits per heavy atom. The first-order chi connectivity index (χ1) is 23.0. The van der Waals surface area contributed by atoms with E-state index < -0.39 is 5.41 Å². The number of amides is 5. The van der Waals surface area contributed by atoms with Gasteiger partial charge in [-0.15, -0.1) is 0 Å². The predicted molar refractivity (Wildman–Crippen MR) is 181 cm³/mol. The lowest BCUT2D eigenvalue weighted by Gasteiger charge is -2.29. The Bertz CT molecular complexity index is 1540. The van der Waals surface area contributed by atoms with Gasteiger partial charge in [-0.1, -0.05) is 60.7 Å². The molecular formula is C36H46N8O4. The number of hydrogen-bond acceptors (Lipinski definition) is 5. The summed E-state index contributed by atoms with van der Waals surface area (Å²) in [6.45, 7) is 2.88. The maximum Gasteiger partial charge on any atom is 0.319 e. The van der Waals surface area contributed by atoms with E-state index in [1.54, 1.807) is 44.1 Å². The van der Waals surface area contributed by atoms with Crippen LogP contribution in [0.1, 0.15) is 36.8 Å². The third-order valence-corrected chi connectivity index (χ3v) is 10.7. The average molecular weight is 655 g/mol. The summed E-state index contributed by atoms with van der Waals surface area (Å²) in [4.78, 5) is 61.8. The molecule has 0 bridgehead atoms. The number of isocyanates is 1. The van der Waals surface area contributed by atoms with Crippen LogP contribution in [0.25, 0.3) is 10.4 Å². The van der Waals surface area contributed by atoms with E-state index in [1.165, 1.54) is 5.56 Å². The van der Waals surface area contributed by atoms with Crippen molar-refractivity contribution < 1.29 is 19.2 Å². The molecule has 48 heavy (non-hydrogen) atoms. The van der Waals surface area contributed by atoms with E-state index in [0.29, 0.717) is 44.2 Å². The van der Waals surface area contributed by atoms with Gasteiger partial charge in [0.05, 0.1) is 5.54 Å². The van der Waals surface area contributed by atoms with Gasteiger partial charge in [0.15, 0.2) is 0 Å². The predicted octanol–water partition coefficient (Wildman–Crippen LogP) is 5.40. The lowest BCUT2D eigenvalue weighted by molar-refractivity contribution is -0.127. The summed E-state index contributed by atoms with van der Waals surface area (Å²) in [5.41, 5.74) is 10.0. The Morgan fingerprint density at radius 2 is 1.17 bits per heavy atom. The molecule has 254 valence electrons. The van der Waals surface area contributed by atoms with E-state index in [-0.39, 0.29) is 35.3 Å².